The Balaban J connectivity index is 1.75. The summed E-state index contributed by atoms with van der Waals surface area (Å²) in [5, 5.41) is 9.14. The number of carbonyl (C=O) groups excluding carboxylic acids is 1. The fourth-order valence-electron chi connectivity index (χ4n) is 2.31. The SMILES string of the molecule is CCOC(=O)N1CC2(CC(O)C2)C1. The summed E-state index contributed by atoms with van der Waals surface area (Å²) in [4.78, 5) is 12.9. The summed E-state index contributed by atoms with van der Waals surface area (Å²) < 4.78 is 4.86. The number of hydrogen-bond donors (Lipinski definition) is 1. The summed E-state index contributed by atoms with van der Waals surface area (Å²) >= 11 is 0. The van der Waals surface area contributed by atoms with E-state index in [0.29, 0.717) is 6.61 Å². The molecule has 2 aliphatic rings. The molecule has 0 aromatic rings. The lowest BCUT2D eigenvalue weighted by atomic mass is 9.62. The maximum Gasteiger partial charge on any atom is 0.409 e. The van der Waals surface area contributed by atoms with Crippen LogP contribution in [0.5, 0.6) is 0 Å². The number of amides is 1. The van der Waals surface area contributed by atoms with Crippen molar-refractivity contribution in [3.05, 3.63) is 0 Å². The minimum atomic E-state index is -0.213. The van der Waals surface area contributed by atoms with Crippen molar-refractivity contribution in [1.82, 2.24) is 4.90 Å². The molecule has 4 nitrogen and oxygen atoms in total. The second-order valence-corrected chi connectivity index (χ2v) is 4.12. The molecule has 1 spiro atoms. The third-order valence-corrected chi connectivity index (χ3v) is 2.92. The zero-order valence-electron chi connectivity index (χ0n) is 7.82. The lowest BCUT2D eigenvalue weighted by molar-refractivity contribution is -0.118. The quantitative estimate of drug-likeness (QED) is 0.650. The minimum absolute atomic E-state index is 0.135. The lowest BCUT2D eigenvalue weighted by Gasteiger charge is -2.57. The molecule has 0 aromatic heterocycles. The van der Waals surface area contributed by atoms with E-state index in [4.69, 9.17) is 9.84 Å². The van der Waals surface area contributed by atoms with Crippen LogP contribution >= 0.6 is 0 Å². The second-order valence-electron chi connectivity index (χ2n) is 4.12. The van der Waals surface area contributed by atoms with E-state index in [9.17, 15) is 4.79 Å². The number of hydrogen-bond acceptors (Lipinski definition) is 3. The van der Waals surface area contributed by atoms with Gasteiger partial charge in [-0.1, -0.05) is 0 Å². The maximum absolute atomic E-state index is 11.2. The van der Waals surface area contributed by atoms with Crippen molar-refractivity contribution in [3.8, 4) is 0 Å². The van der Waals surface area contributed by atoms with E-state index >= 15 is 0 Å². The number of nitrogens with zero attached hydrogens (tertiary/aromatic N) is 1. The summed E-state index contributed by atoms with van der Waals surface area (Å²) in [6.45, 7) is 3.78. The van der Waals surface area contributed by atoms with Crippen molar-refractivity contribution in [3.63, 3.8) is 0 Å². The van der Waals surface area contributed by atoms with Crippen LogP contribution in [0.25, 0.3) is 0 Å². The summed E-state index contributed by atoms with van der Waals surface area (Å²) in [6, 6.07) is 0. The molecule has 1 saturated heterocycles. The first-order valence-corrected chi connectivity index (χ1v) is 4.75. The Morgan fingerprint density at radius 1 is 1.62 bits per heavy atom. The van der Waals surface area contributed by atoms with Crippen molar-refractivity contribution < 1.29 is 14.6 Å². The molecule has 1 aliphatic carbocycles. The van der Waals surface area contributed by atoms with Crippen LogP contribution in [0.2, 0.25) is 0 Å². The second kappa shape index (κ2) is 2.87. The fourth-order valence-corrected chi connectivity index (χ4v) is 2.31. The van der Waals surface area contributed by atoms with Gasteiger partial charge >= 0.3 is 6.09 Å². The normalized spacial score (nSPS) is 25.2. The fraction of sp³-hybridized carbons (Fsp3) is 0.889. The average Bonchev–Trinajstić information content (AvgIpc) is 1.94. The molecule has 1 heterocycles. The zero-order chi connectivity index (χ0) is 9.47. The molecule has 2 fully saturated rings. The maximum atomic E-state index is 11.2. The zero-order valence-corrected chi connectivity index (χ0v) is 7.82. The molecule has 1 N–H and O–H groups in total. The first kappa shape index (κ1) is 8.81. The minimum Gasteiger partial charge on any atom is -0.450 e. The molecule has 1 aliphatic heterocycles. The molecular formula is C9H15NO3. The predicted molar refractivity (Wildman–Crippen MR) is 46.3 cm³/mol. The van der Waals surface area contributed by atoms with Crippen LogP contribution in [0, 0.1) is 5.41 Å². The molecule has 0 unspecified atom stereocenters. The Bertz CT molecular complexity index is 215. The smallest absolute Gasteiger partial charge is 0.409 e. The van der Waals surface area contributed by atoms with Gasteiger partial charge in [-0.15, -0.1) is 0 Å². The first-order chi connectivity index (χ1) is 6.15. The third kappa shape index (κ3) is 1.39. The molecule has 1 amide bonds. The van der Waals surface area contributed by atoms with Gasteiger partial charge in [0.2, 0.25) is 0 Å². The van der Waals surface area contributed by atoms with E-state index in [1.54, 1.807) is 11.8 Å². The third-order valence-electron chi connectivity index (χ3n) is 2.92. The van der Waals surface area contributed by atoms with Gasteiger partial charge in [0, 0.05) is 18.5 Å². The van der Waals surface area contributed by atoms with Crippen LogP contribution in [0.3, 0.4) is 0 Å². The van der Waals surface area contributed by atoms with Gasteiger partial charge in [-0.25, -0.2) is 4.79 Å². The molecule has 1 saturated carbocycles. The summed E-state index contributed by atoms with van der Waals surface area (Å²) in [5.74, 6) is 0. The molecule has 4 heteroatoms. The molecule has 0 aromatic carbocycles. The van der Waals surface area contributed by atoms with Crippen LogP contribution in [0.1, 0.15) is 19.8 Å². The van der Waals surface area contributed by atoms with Crippen molar-refractivity contribution in [2.45, 2.75) is 25.9 Å². The first-order valence-electron chi connectivity index (χ1n) is 4.75. The van der Waals surface area contributed by atoms with Gasteiger partial charge in [-0.3, -0.25) is 0 Å². The van der Waals surface area contributed by atoms with Crippen LogP contribution in [0.4, 0.5) is 4.79 Å². The van der Waals surface area contributed by atoms with Crippen molar-refractivity contribution in [2.24, 2.45) is 5.41 Å². The monoisotopic (exact) mass is 185 g/mol. The topological polar surface area (TPSA) is 49.8 Å². The summed E-state index contributed by atoms with van der Waals surface area (Å²) in [6.07, 6.45) is 1.35. The Morgan fingerprint density at radius 2 is 2.23 bits per heavy atom. The van der Waals surface area contributed by atoms with Crippen molar-refractivity contribution in [2.75, 3.05) is 19.7 Å². The van der Waals surface area contributed by atoms with Crippen molar-refractivity contribution >= 4 is 6.09 Å². The molecule has 74 valence electrons. The van der Waals surface area contributed by atoms with Gasteiger partial charge < -0.3 is 14.7 Å². The van der Waals surface area contributed by atoms with E-state index in [1.165, 1.54) is 0 Å². The van der Waals surface area contributed by atoms with Gasteiger partial charge in [-0.2, -0.15) is 0 Å². The highest BCUT2D eigenvalue weighted by molar-refractivity contribution is 5.69. The van der Waals surface area contributed by atoms with Gasteiger partial charge in [0.05, 0.1) is 12.7 Å². The number of ether oxygens (including phenoxy) is 1. The Kier molecular flexibility index (Phi) is 1.95. The van der Waals surface area contributed by atoms with Gasteiger partial charge in [0.1, 0.15) is 0 Å². The molecular weight excluding hydrogens is 170 g/mol. The summed E-state index contributed by atoms with van der Waals surface area (Å²) in [5.41, 5.74) is 0.242. The van der Waals surface area contributed by atoms with Crippen LogP contribution < -0.4 is 0 Å². The molecule has 0 atom stereocenters. The Morgan fingerprint density at radius 3 is 2.69 bits per heavy atom. The largest absolute Gasteiger partial charge is 0.450 e. The summed E-state index contributed by atoms with van der Waals surface area (Å²) in [7, 11) is 0. The number of aliphatic hydroxyl groups excluding tert-OH is 1. The number of aliphatic hydroxyl groups is 1. The Labute approximate surface area is 77.5 Å². The molecule has 2 rings (SSSR count). The highest BCUT2D eigenvalue weighted by Gasteiger charge is 2.53. The van der Waals surface area contributed by atoms with E-state index < -0.39 is 0 Å². The van der Waals surface area contributed by atoms with Gasteiger partial charge in [-0.05, 0) is 19.8 Å². The highest BCUT2D eigenvalue weighted by atomic mass is 16.6. The number of likely N-dealkylation sites (tertiary alicyclic amines) is 1. The van der Waals surface area contributed by atoms with Crippen LogP contribution in [0.15, 0.2) is 0 Å². The lowest BCUT2D eigenvalue weighted by Crippen LogP contribution is -2.65. The van der Waals surface area contributed by atoms with Gasteiger partial charge in [0.25, 0.3) is 0 Å². The van der Waals surface area contributed by atoms with E-state index in [1.807, 2.05) is 0 Å². The van der Waals surface area contributed by atoms with Crippen molar-refractivity contribution in [1.29, 1.82) is 0 Å². The molecule has 13 heavy (non-hydrogen) atoms. The average molecular weight is 185 g/mol. The Hall–Kier alpha value is -0.770. The molecule has 0 radical (unpaired) electrons. The highest BCUT2D eigenvalue weighted by Crippen LogP contribution is 2.48. The van der Waals surface area contributed by atoms with E-state index in [2.05, 4.69) is 0 Å². The number of carbonyl (C=O) groups is 1. The standard InChI is InChI=1S/C9H15NO3/c1-2-13-8(12)10-5-9(6-10)3-7(11)4-9/h7,11H,2-6H2,1H3. The predicted octanol–water partition coefficient (Wildman–Crippen LogP) is 0.600. The molecule has 0 bridgehead atoms. The van der Waals surface area contributed by atoms with E-state index in [0.717, 1.165) is 25.9 Å². The number of rotatable bonds is 1. The van der Waals surface area contributed by atoms with E-state index in [-0.39, 0.29) is 17.6 Å². The van der Waals surface area contributed by atoms with Crippen LogP contribution in [-0.4, -0.2) is 41.9 Å². The van der Waals surface area contributed by atoms with Gasteiger partial charge in [0.15, 0.2) is 0 Å². The van der Waals surface area contributed by atoms with Crippen LogP contribution in [-0.2, 0) is 4.74 Å².